The van der Waals surface area contributed by atoms with Gasteiger partial charge in [0.15, 0.2) is 5.17 Å². The number of thioether (sulfide) groups is 1. The zero-order chi connectivity index (χ0) is 22.5. The molecule has 0 spiro atoms. The predicted molar refractivity (Wildman–Crippen MR) is 128 cm³/mol. The van der Waals surface area contributed by atoms with Crippen LogP contribution in [0.5, 0.6) is 5.75 Å². The molecule has 0 radical (unpaired) electrons. The molecule has 1 aliphatic heterocycles. The number of amides is 1. The lowest BCUT2D eigenvalue weighted by Gasteiger charge is -2.13. The number of carbonyl (C=O) groups excluding carboxylic acids is 2. The van der Waals surface area contributed by atoms with Crippen molar-refractivity contribution in [3.63, 3.8) is 0 Å². The van der Waals surface area contributed by atoms with Crippen molar-refractivity contribution in [3.05, 3.63) is 63.0 Å². The van der Waals surface area contributed by atoms with E-state index >= 15 is 0 Å². The van der Waals surface area contributed by atoms with E-state index in [4.69, 9.17) is 9.47 Å². The fraction of sp³-hybridized carbons (Fsp3) is 0.261. The summed E-state index contributed by atoms with van der Waals surface area (Å²) in [6, 6.07) is 12.5. The SMILES string of the molecule is CCN1C(=O)C(=Cc2cc(Br)ccc2OC(C)C)SC1=Nc1cccc(C(=O)OC)c1. The Labute approximate surface area is 194 Å². The number of amidine groups is 1. The Morgan fingerprint density at radius 2 is 2.03 bits per heavy atom. The maximum atomic E-state index is 13.0. The van der Waals surface area contributed by atoms with E-state index in [9.17, 15) is 9.59 Å². The Hall–Kier alpha value is -2.58. The molecule has 0 N–H and O–H groups in total. The van der Waals surface area contributed by atoms with Gasteiger partial charge in [-0.1, -0.05) is 22.0 Å². The number of rotatable bonds is 6. The number of ether oxygens (including phenoxy) is 2. The molecule has 0 bridgehead atoms. The third-order valence-electron chi connectivity index (χ3n) is 4.32. The Morgan fingerprint density at radius 1 is 1.26 bits per heavy atom. The maximum absolute atomic E-state index is 13.0. The van der Waals surface area contributed by atoms with Gasteiger partial charge in [0, 0.05) is 16.6 Å². The van der Waals surface area contributed by atoms with Crippen LogP contribution in [0.3, 0.4) is 0 Å². The molecule has 2 aromatic carbocycles. The van der Waals surface area contributed by atoms with Crippen molar-refractivity contribution < 1.29 is 19.1 Å². The zero-order valence-corrected chi connectivity index (χ0v) is 20.1. The van der Waals surface area contributed by atoms with Gasteiger partial charge >= 0.3 is 5.97 Å². The molecule has 1 saturated heterocycles. The van der Waals surface area contributed by atoms with Gasteiger partial charge in [0.1, 0.15) is 5.75 Å². The number of carbonyl (C=O) groups is 2. The minimum atomic E-state index is -0.433. The van der Waals surface area contributed by atoms with Crippen molar-refractivity contribution in [1.82, 2.24) is 4.90 Å². The number of aliphatic imine (C=N–C) groups is 1. The predicted octanol–water partition coefficient (Wildman–Crippen LogP) is 5.65. The average Bonchev–Trinajstić information content (AvgIpc) is 3.03. The molecule has 0 atom stereocenters. The summed E-state index contributed by atoms with van der Waals surface area (Å²) < 4.78 is 11.6. The Kier molecular flexibility index (Phi) is 7.56. The third-order valence-corrected chi connectivity index (χ3v) is 5.82. The van der Waals surface area contributed by atoms with Crippen LogP contribution in [0.15, 0.2) is 56.8 Å². The van der Waals surface area contributed by atoms with Crippen molar-refractivity contribution >= 4 is 56.5 Å². The number of methoxy groups -OCH3 is 1. The highest BCUT2D eigenvalue weighted by molar-refractivity contribution is 9.10. The number of hydrogen-bond acceptors (Lipinski definition) is 6. The summed E-state index contributed by atoms with van der Waals surface area (Å²) in [5.41, 5.74) is 1.79. The van der Waals surface area contributed by atoms with Crippen LogP contribution in [0.25, 0.3) is 6.08 Å². The Balaban J connectivity index is 1.97. The van der Waals surface area contributed by atoms with E-state index in [2.05, 4.69) is 20.9 Å². The molecule has 162 valence electrons. The third kappa shape index (κ3) is 5.57. The van der Waals surface area contributed by atoms with Crippen LogP contribution >= 0.6 is 27.7 Å². The molecule has 8 heteroatoms. The van der Waals surface area contributed by atoms with Gasteiger partial charge < -0.3 is 9.47 Å². The summed E-state index contributed by atoms with van der Waals surface area (Å²) in [6.45, 7) is 6.29. The van der Waals surface area contributed by atoms with Gasteiger partial charge in [-0.15, -0.1) is 0 Å². The van der Waals surface area contributed by atoms with Gasteiger partial charge in [-0.3, -0.25) is 9.69 Å². The van der Waals surface area contributed by atoms with Crippen LogP contribution in [0.1, 0.15) is 36.7 Å². The first-order chi connectivity index (χ1) is 14.8. The van der Waals surface area contributed by atoms with Crippen molar-refractivity contribution in [1.29, 1.82) is 0 Å². The second-order valence-electron chi connectivity index (χ2n) is 6.95. The van der Waals surface area contributed by atoms with Gasteiger partial charge in [0.05, 0.1) is 29.4 Å². The molecule has 1 fully saturated rings. The van der Waals surface area contributed by atoms with E-state index in [1.54, 1.807) is 29.2 Å². The molecule has 31 heavy (non-hydrogen) atoms. The highest BCUT2D eigenvalue weighted by Crippen LogP contribution is 2.36. The lowest BCUT2D eigenvalue weighted by atomic mass is 10.2. The highest BCUT2D eigenvalue weighted by atomic mass is 79.9. The normalized spacial score (nSPS) is 16.5. The van der Waals surface area contributed by atoms with Crippen LogP contribution in [-0.4, -0.2) is 41.7 Å². The van der Waals surface area contributed by atoms with E-state index in [0.717, 1.165) is 10.0 Å². The summed E-state index contributed by atoms with van der Waals surface area (Å²) in [5, 5.41) is 0.557. The summed E-state index contributed by atoms with van der Waals surface area (Å²) in [5.74, 6) is 0.154. The van der Waals surface area contributed by atoms with Crippen LogP contribution in [0, 0.1) is 0 Å². The highest BCUT2D eigenvalue weighted by Gasteiger charge is 2.32. The lowest BCUT2D eigenvalue weighted by Crippen LogP contribution is -2.28. The van der Waals surface area contributed by atoms with E-state index in [0.29, 0.717) is 33.6 Å². The summed E-state index contributed by atoms with van der Waals surface area (Å²) in [7, 11) is 1.33. The summed E-state index contributed by atoms with van der Waals surface area (Å²) in [6.07, 6.45) is 1.84. The number of benzene rings is 2. The molecule has 0 saturated carbocycles. The van der Waals surface area contributed by atoms with Crippen LogP contribution < -0.4 is 4.74 Å². The topological polar surface area (TPSA) is 68.2 Å². The number of hydrogen-bond donors (Lipinski definition) is 0. The second-order valence-corrected chi connectivity index (χ2v) is 8.87. The first kappa shape index (κ1) is 23.1. The zero-order valence-electron chi connectivity index (χ0n) is 17.7. The van der Waals surface area contributed by atoms with Crippen molar-refractivity contribution in [2.75, 3.05) is 13.7 Å². The first-order valence-electron chi connectivity index (χ1n) is 9.77. The largest absolute Gasteiger partial charge is 0.490 e. The second kappa shape index (κ2) is 10.2. The molecule has 0 aromatic heterocycles. The molecule has 3 rings (SSSR count). The number of esters is 1. The smallest absolute Gasteiger partial charge is 0.337 e. The molecule has 1 amide bonds. The van der Waals surface area contributed by atoms with Crippen molar-refractivity contribution in [2.45, 2.75) is 26.9 Å². The lowest BCUT2D eigenvalue weighted by molar-refractivity contribution is -0.122. The molecule has 2 aromatic rings. The number of likely N-dealkylation sites (N-methyl/N-ethyl adjacent to an activating group) is 1. The minimum absolute atomic E-state index is 0.0107. The quantitative estimate of drug-likeness (QED) is 0.377. The fourth-order valence-corrected chi connectivity index (χ4v) is 4.37. The van der Waals surface area contributed by atoms with Crippen molar-refractivity contribution in [2.24, 2.45) is 4.99 Å². The number of nitrogens with zero attached hydrogens (tertiary/aromatic N) is 2. The van der Waals surface area contributed by atoms with Gasteiger partial charge in [-0.2, -0.15) is 0 Å². The van der Waals surface area contributed by atoms with Gasteiger partial charge in [0.25, 0.3) is 5.91 Å². The molecular weight excluding hydrogens is 480 g/mol. The first-order valence-corrected chi connectivity index (χ1v) is 11.4. The van der Waals surface area contributed by atoms with Crippen molar-refractivity contribution in [3.8, 4) is 5.75 Å². The molecule has 6 nitrogen and oxygen atoms in total. The molecule has 0 aliphatic carbocycles. The molecular formula is C23H23BrN2O4S. The van der Waals surface area contributed by atoms with E-state index in [-0.39, 0.29) is 12.0 Å². The minimum Gasteiger partial charge on any atom is -0.490 e. The maximum Gasteiger partial charge on any atom is 0.337 e. The summed E-state index contributed by atoms with van der Waals surface area (Å²) in [4.78, 5) is 31.6. The van der Waals surface area contributed by atoms with Crippen LogP contribution in [0.4, 0.5) is 5.69 Å². The molecule has 0 unspecified atom stereocenters. The average molecular weight is 503 g/mol. The molecule has 1 aliphatic rings. The van der Waals surface area contributed by atoms with Gasteiger partial charge in [0.2, 0.25) is 0 Å². The molecule has 1 heterocycles. The van der Waals surface area contributed by atoms with E-state index in [1.807, 2.05) is 45.0 Å². The van der Waals surface area contributed by atoms with Crippen LogP contribution in [0.2, 0.25) is 0 Å². The number of halogens is 1. The van der Waals surface area contributed by atoms with E-state index < -0.39 is 5.97 Å². The van der Waals surface area contributed by atoms with Crippen LogP contribution in [-0.2, 0) is 9.53 Å². The van der Waals surface area contributed by atoms with Gasteiger partial charge in [-0.25, -0.2) is 9.79 Å². The monoisotopic (exact) mass is 502 g/mol. The summed E-state index contributed by atoms with van der Waals surface area (Å²) >= 11 is 4.78. The Bertz CT molecular complexity index is 1070. The Morgan fingerprint density at radius 3 is 2.71 bits per heavy atom. The fourth-order valence-electron chi connectivity index (χ4n) is 2.94. The van der Waals surface area contributed by atoms with E-state index in [1.165, 1.54) is 18.9 Å². The van der Waals surface area contributed by atoms with Gasteiger partial charge in [-0.05, 0) is 75.0 Å². The standard InChI is InChI=1S/C23H23BrN2O4S/c1-5-26-21(27)20(13-16-11-17(24)9-10-19(16)30-14(2)3)31-23(26)25-18-8-6-7-15(12-18)22(28)29-4/h6-14H,5H2,1-4H3.